The number of aliphatic imine (C=N–C) groups is 1. The van der Waals surface area contributed by atoms with Gasteiger partial charge in [-0.15, -0.1) is 0 Å². The van der Waals surface area contributed by atoms with Gasteiger partial charge in [0.25, 0.3) is 0 Å². The van der Waals surface area contributed by atoms with Crippen molar-refractivity contribution in [1.29, 1.82) is 0 Å². The molecular formula is C13H22N2O2S. The molecule has 5 heteroatoms. The number of aliphatic hydroxyl groups is 2. The van der Waals surface area contributed by atoms with E-state index < -0.39 is 12.2 Å². The highest BCUT2D eigenvalue weighted by Gasteiger charge is 2.47. The number of thioether (sulfide) groups is 1. The van der Waals surface area contributed by atoms with E-state index >= 15 is 0 Å². The highest BCUT2D eigenvalue weighted by Crippen LogP contribution is 2.42. The fourth-order valence-electron chi connectivity index (χ4n) is 3.32. The molecule has 1 saturated carbocycles. The van der Waals surface area contributed by atoms with Crippen LogP contribution >= 0.6 is 11.8 Å². The van der Waals surface area contributed by atoms with Crippen molar-refractivity contribution in [2.45, 2.75) is 56.1 Å². The molecule has 0 unspecified atom stereocenters. The van der Waals surface area contributed by atoms with Crippen molar-refractivity contribution in [3.63, 3.8) is 0 Å². The van der Waals surface area contributed by atoms with Crippen LogP contribution in [-0.4, -0.2) is 56.9 Å². The van der Waals surface area contributed by atoms with Gasteiger partial charge in [-0.3, -0.25) is 4.99 Å². The predicted molar refractivity (Wildman–Crippen MR) is 73.8 cm³/mol. The van der Waals surface area contributed by atoms with Gasteiger partial charge in [0.2, 0.25) is 0 Å². The van der Waals surface area contributed by atoms with Gasteiger partial charge < -0.3 is 15.1 Å². The van der Waals surface area contributed by atoms with Gasteiger partial charge in [-0.25, -0.2) is 0 Å². The maximum absolute atomic E-state index is 10.2. The van der Waals surface area contributed by atoms with E-state index in [1.54, 1.807) is 0 Å². The fraction of sp³-hybridized carbons (Fsp3) is 0.923. The molecule has 5 atom stereocenters. The molecule has 4 nitrogen and oxygen atoms in total. The van der Waals surface area contributed by atoms with Crippen LogP contribution < -0.4 is 0 Å². The third-order valence-corrected chi connectivity index (χ3v) is 5.86. The van der Waals surface area contributed by atoms with E-state index in [0.717, 1.165) is 31.1 Å². The van der Waals surface area contributed by atoms with E-state index in [0.29, 0.717) is 5.25 Å². The lowest BCUT2D eigenvalue weighted by atomic mass is 9.80. The summed E-state index contributed by atoms with van der Waals surface area (Å²) >= 11 is 1.82. The van der Waals surface area contributed by atoms with Crippen LogP contribution in [0.5, 0.6) is 0 Å². The van der Waals surface area contributed by atoms with Gasteiger partial charge in [-0.2, -0.15) is 0 Å². The first-order valence-corrected chi connectivity index (χ1v) is 7.94. The van der Waals surface area contributed by atoms with Gasteiger partial charge in [0.15, 0.2) is 5.17 Å². The number of hydrogen-bond acceptors (Lipinski definition) is 5. The zero-order chi connectivity index (χ0) is 12.7. The lowest BCUT2D eigenvalue weighted by Crippen LogP contribution is -2.50. The fourth-order valence-corrected chi connectivity index (χ4v) is 4.81. The first kappa shape index (κ1) is 12.8. The molecule has 0 aromatic rings. The quantitative estimate of drug-likeness (QED) is 0.748. The Morgan fingerprint density at radius 2 is 2.00 bits per heavy atom. The lowest BCUT2D eigenvalue weighted by Gasteiger charge is -2.37. The van der Waals surface area contributed by atoms with Crippen LogP contribution in [0.25, 0.3) is 0 Å². The minimum atomic E-state index is -0.679. The minimum absolute atomic E-state index is 0.0941. The normalized spacial score (nSPS) is 44.1. The molecule has 2 heterocycles. The molecule has 0 aromatic carbocycles. The first-order chi connectivity index (χ1) is 8.70. The van der Waals surface area contributed by atoms with E-state index in [1.807, 2.05) is 11.8 Å². The van der Waals surface area contributed by atoms with E-state index in [4.69, 9.17) is 0 Å². The molecule has 2 N–H and O–H groups in total. The lowest BCUT2D eigenvalue weighted by molar-refractivity contribution is -0.0523. The Hall–Kier alpha value is -0.260. The van der Waals surface area contributed by atoms with E-state index in [2.05, 4.69) is 16.8 Å². The smallest absolute Gasteiger partial charge is 0.159 e. The van der Waals surface area contributed by atoms with E-state index in [9.17, 15) is 10.2 Å². The summed E-state index contributed by atoms with van der Waals surface area (Å²) in [6.45, 7) is 4.28. The Balaban J connectivity index is 1.74. The summed E-state index contributed by atoms with van der Waals surface area (Å²) in [6, 6.07) is -0.0941. The maximum atomic E-state index is 10.2. The van der Waals surface area contributed by atoms with Crippen LogP contribution in [0.2, 0.25) is 0 Å². The number of rotatable bonds is 1. The highest BCUT2D eigenvalue weighted by atomic mass is 32.2. The van der Waals surface area contributed by atoms with Crippen LogP contribution in [0.4, 0.5) is 0 Å². The molecule has 102 valence electrons. The average molecular weight is 270 g/mol. The summed E-state index contributed by atoms with van der Waals surface area (Å²) in [7, 11) is 0. The van der Waals surface area contributed by atoms with Gasteiger partial charge in [-0.1, -0.05) is 25.1 Å². The average Bonchev–Trinajstić information content (AvgIpc) is 3.01. The van der Waals surface area contributed by atoms with Crippen LogP contribution in [0.15, 0.2) is 4.99 Å². The molecule has 0 bridgehead atoms. The third kappa shape index (κ3) is 2.06. The Bertz CT molecular complexity index is 344. The summed E-state index contributed by atoms with van der Waals surface area (Å²) < 4.78 is 0. The second-order valence-electron chi connectivity index (χ2n) is 5.64. The molecule has 0 aromatic heterocycles. The Kier molecular flexibility index (Phi) is 3.56. The van der Waals surface area contributed by atoms with Gasteiger partial charge in [-0.05, 0) is 25.2 Å². The number of amidine groups is 1. The summed E-state index contributed by atoms with van der Waals surface area (Å²) in [6.07, 6.45) is 3.13. The first-order valence-electron chi connectivity index (χ1n) is 7.06. The van der Waals surface area contributed by atoms with Crippen LogP contribution in [0, 0.1) is 5.92 Å². The third-order valence-electron chi connectivity index (χ3n) is 4.52. The zero-order valence-corrected chi connectivity index (χ0v) is 11.6. The zero-order valence-electron chi connectivity index (χ0n) is 10.8. The number of fused-ring (bicyclic) bond motifs is 1. The van der Waals surface area contributed by atoms with Crippen LogP contribution in [0.1, 0.15) is 32.6 Å². The largest absolute Gasteiger partial charge is 0.390 e. The second-order valence-corrected chi connectivity index (χ2v) is 6.84. The second kappa shape index (κ2) is 5.02. The Labute approximate surface area is 112 Å². The molecule has 0 amide bonds. The predicted octanol–water partition coefficient (Wildman–Crippen LogP) is 1.07. The molecule has 18 heavy (non-hydrogen) atoms. The molecule has 2 fully saturated rings. The van der Waals surface area contributed by atoms with Gasteiger partial charge >= 0.3 is 0 Å². The van der Waals surface area contributed by atoms with Crippen molar-refractivity contribution in [2.75, 3.05) is 13.1 Å². The monoisotopic (exact) mass is 270 g/mol. The maximum Gasteiger partial charge on any atom is 0.159 e. The minimum Gasteiger partial charge on any atom is -0.390 e. The topological polar surface area (TPSA) is 56.1 Å². The number of likely N-dealkylation sites (tertiary alicyclic amines) is 1. The highest BCUT2D eigenvalue weighted by molar-refractivity contribution is 8.14. The molecular weight excluding hydrogens is 248 g/mol. The molecule has 3 rings (SSSR count). The Morgan fingerprint density at radius 3 is 2.67 bits per heavy atom. The summed E-state index contributed by atoms with van der Waals surface area (Å²) in [5.41, 5.74) is 0. The van der Waals surface area contributed by atoms with Gasteiger partial charge in [0.05, 0.1) is 12.1 Å². The van der Waals surface area contributed by atoms with Crippen molar-refractivity contribution in [2.24, 2.45) is 10.9 Å². The number of hydrogen-bond donors (Lipinski definition) is 2. The number of nitrogens with zero attached hydrogens (tertiary/aromatic N) is 2. The molecule has 3 aliphatic rings. The molecule has 1 saturated heterocycles. The van der Waals surface area contributed by atoms with Gasteiger partial charge in [0, 0.05) is 18.3 Å². The standard InChI is InChI=1S/C13H22N2O2S/c1-2-8-7-9-10(12(17)11(8)16)14-13(18-9)15-5-3-4-6-15/h8-12,16-17H,2-7H2,1H3/t8-,9-,10-,11+,12+/m0/s1. The van der Waals surface area contributed by atoms with Crippen molar-refractivity contribution in [3.8, 4) is 0 Å². The molecule has 1 aliphatic carbocycles. The molecule has 2 aliphatic heterocycles. The summed E-state index contributed by atoms with van der Waals surface area (Å²) in [5.74, 6) is 0.224. The molecule has 0 spiro atoms. The summed E-state index contributed by atoms with van der Waals surface area (Å²) in [4.78, 5) is 7.02. The van der Waals surface area contributed by atoms with Crippen LogP contribution in [-0.2, 0) is 0 Å². The van der Waals surface area contributed by atoms with Crippen molar-refractivity contribution in [3.05, 3.63) is 0 Å². The van der Waals surface area contributed by atoms with Gasteiger partial charge in [0.1, 0.15) is 6.10 Å². The Morgan fingerprint density at radius 1 is 1.28 bits per heavy atom. The van der Waals surface area contributed by atoms with Crippen molar-refractivity contribution in [1.82, 2.24) is 4.90 Å². The SMILES string of the molecule is CC[C@H]1C[C@@H]2SC(N3CCCC3)=N[C@@H]2[C@@H](O)[C@@H]1O. The van der Waals surface area contributed by atoms with E-state index in [-0.39, 0.29) is 12.0 Å². The molecule has 0 radical (unpaired) electrons. The van der Waals surface area contributed by atoms with Crippen molar-refractivity contribution >= 4 is 16.9 Å². The van der Waals surface area contributed by atoms with Crippen LogP contribution in [0.3, 0.4) is 0 Å². The summed E-state index contributed by atoms with van der Waals surface area (Å²) in [5, 5.41) is 21.8. The number of aliphatic hydroxyl groups excluding tert-OH is 2. The van der Waals surface area contributed by atoms with E-state index in [1.165, 1.54) is 12.8 Å². The van der Waals surface area contributed by atoms with Crippen molar-refractivity contribution < 1.29 is 10.2 Å².